The molecule has 1 aliphatic carbocycles. The Kier molecular flexibility index (Phi) is 8.86. The lowest BCUT2D eigenvalue weighted by atomic mass is 9.97. The molecule has 4 aliphatic rings. The first-order chi connectivity index (χ1) is 20.0. The Bertz CT molecular complexity index is 1280. The van der Waals surface area contributed by atoms with Crippen LogP contribution in [0.15, 0.2) is 45.3 Å². The lowest BCUT2D eigenvalue weighted by Crippen LogP contribution is -2.58. The number of alkyl halides is 1. The van der Waals surface area contributed by atoms with Crippen molar-refractivity contribution in [2.24, 2.45) is 20.7 Å². The number of hydrogen-bond acceptors (Lipinski definition) is 12. The molecule has 3 heterocycles. The van der Waals surface area contributed by atoms with Gasteiger partial charge in [-0.2, -0.15) is 5.09 Å². The number of nitrogens with one attached hydrogen (secondary N) is 2. The summed E-state index contributed by atoms with van der Waals surface area (Å²) in [6.07, 6.45) is 0.541. The normalized spacial score (nSPS) is 34.0. The van der Waals surface area contributed by atoms with Gasteiger partial charge in [0.15, 0.2) is 24.0 Å². The first kappa shape index (κ1) is 30.4. The smallest absolute Gasteiger partial charge is 0.459 e. The van der Waals surface area contributed by atoms with Crippen LogP contribution in [0.5, 0.6) is 5.75 Å². The molecule has 3 aliphatic heterocycles. The summed E-state index contributed by atoms with van der Waals surface area (Å²) < 4.78 is 51.7. The summed E-state index contributed by atoms with van der Waals surface area (Å²) in [5, 5.41) is 16.5. The topological polar surface area (TPSA) is 182 Å². The molecule has 5 rings (SSSR count). The van der Waals surface area contributed by atoms with Crippen LogP contribution < -0.4 is 20.7 Å². The highest BCUT2D eigenvalue weighted by Gasteiger charge is 2.59. The number of esters is 1. The van der Waals surface area contributed by atoms with E-state index in [2.05, 4.69) is 20.4 Å². The highest BCUT2D eigenvalue weighted by Crippen LogP contribution is 2.47. The molecule has 0 radical (unpaired) electrons. The van der Waals surface area contributed by atoms with Crippen LogP contribution in [-0.4, -0.2) is 96.2 Å². The molecule has 0 spiro atoms. The molecule has 5 N–H and O–H groups in total. The Labute approximate surface area is 243 Å². The van der Waals surface area contributed by atoms with Gasteiger partial charge in [-0.1, -0.05) is 31.0 Å². The number of aliphatic hydroxyl groups is 1. The van der Waals surface area contributed by atoms with Crippen LogP contribution >= 0.6 is 7.75 Å². The van der Waals surface area contributed by atoms with Gasteiger partial charge in [0.1, 0.15) is 35.9 Å². The van der Waals surface area contributed by atoms with E-state index in [0.717, 1.165) is 25.7 Å². The van der Waals surface area contributed by atoms with Gasteiger partial charge >= 0.3 is 13.7 Å². The van der Waals surface area contributed by atoms with Crippen molar-refractivity contribution in [3.8, 4) is 5.75 Å². The van der Waals surface area contributed by atoms with Gasteiger partial charge in [0.05, 0.1) is 26.1 Å². The summed E-state index contributed by atoms with van der Waals surface area (Å²) in [7, 11) is -3.07. The summed E-state index contributed by atoms with van der Waals surface area (Å²) >= 11 is 0. The molecule has 14 nitrogen and oxygen atoms in total. The van der Waals surface area contributed by atoms with Crippen molar-refractivity contribution in [3.63, 3.8) is 0 Å². The molecule has 1 aromatic carbocycles. The second-order valence-corrected chi connectivity index (χ2v) is 12.6. The standard InChI is InChI=1S/C26H37FN7O7P/c1-15(23(36)38-3)33-42(37,41-17-11-5-4-6-12-17)39-13-18-20(35)26(2,27)24(40-18)34-14-29-19-21(30-16-9-7-8-10-16)31-25(28)32-22(19)34/h4-6,11-12,14-16,18-20,22,24,35H,7-10,13H2,1-3H3,(H,33,37)(H3,28,30,31,32)/t15-,18+,19?,20+,22?,24+,26+,42+/m0/s1. The Balaban J connectivity index is 1.31. The predicted molar refractivity (Wildman–Crippen MR) is 152 cm³/mol. The zero-order valence-electron chi connectivity index (χ0n) is 23.6. The van der Waals surface area contributed by atoms with E-state index < -0.39 is 62.7 Å². The summed E-state index contributed by atoms with van der Waals surface area (Å²) in [5.74, 6) is 0.168. The number of fused-ring (bicyclic) bond motifs is 1. The number of carbonyl (C=O) groups is 1. The fourth-order valence-corrected chi connectivity index (χ4v) is 6.95. The zero-order chi connectivity index (χ0) is 30.1. The van der Waals surface area contributed by atoms with E-state index in [1.54, 1.807) is 30.3 Å². The molecule has 2 fully saturated rings. The lowest BCUT2D eigenvalue weighted by Gasteiger charge is -2.36. The van der Waals surface area contributed by atoms with E-state index in [-0.39, 0.29) is 17.8 Å². The van der Waals surface area contributed by atoms with Crippen LogP contribution in [0.4, 0.5) is 4.39 Å². The van der Waals surface area contributed by atoms with E-state index in [0.29, 0.717) is 5.84 Å². The largest absolute Gasteiger partial charge is 0.468 e. The molecule has 1 saturated carbocycles. The van der Waals surface area contributed by atoms with E-state index in [9.17, 15) is 14.5 Å². The van der Waals surface area contributed by atoms with Crippen LogP contribution in [0.25, 0.3) is 0 Å². The number of nitrogens with zero attached hydrogens (tertiary/aromatic N) is 4. The third-order valence-electron chi connectivity index (χ3n) is 7.67. The number of benzene rings is 1. The van der Waals surface area contributed by atoms with Crippen molar-refractivity contribution in [2.45, 2.75) is 87.9 Å². The number of nitrogens with two attached hydrogens (primary N) is 1. The summed E-state index contributed by atoms with van der Waals surface area (Å²) in [6.45, 7) is 2.08. The van der Waals surface area contributed by atoms with E-state index >= 15 is 4.39 Å². The number of methoxy groups -OCH3 is 1. The third-order valence-corrected chi connectivity index (χ3v) is 9.32. The number of aliphatic hydroxyl groups excluding tert-OH is 1. The number of carbonyl (C=O) groups excluding carboxylic acids is 1. The van der Waals surface area contributed by atoms with E-state index in [4.69, 9.17) is 29.2 Å². The lowest BCUT2D eigenvalue weighted by molar-refractivity contribution is -0.142. The first-order valence-corrected chi connectivity index (χ1v) is 15.4. The molecule has 2 unspecified atom stereocenters. The first-order valence-electron chi connectivity index (χ1n) is 13.9. The number of halogens is 1. The van der Waals surface area contributed by atoms with Gasteiger partial charge in [0.2, 0.25) is 0 Å². The average Bonchev–Trinajstić information content (AvgIpc) is 3.67. The Morgan fingerprint density at radius 1 is 1.38 bits per heavy atom. The quantitative estimate of drug-likeness (QED) is 0.223. The second-order valence-electron chi connectivity index (χ2n) is 10.9. The molecular formula is C26H37FN7O7P. The third kappa shape index (κ3) is 6.30. The van der Waals surface area contributed by atoms with Crippen LogP contribution in [0.1, 0.15) is 39.5 Å². The molecule has 1 saturated heterocycles. The number of para-hydroxylation sites is 1. The van der Waals surface area contributed by atoms with Crippen molar-refractivity contribution in [2.75, 3.05) is 13.7 Å². The minimum Gasteiger partial charge on any atom is -0.468 e. The van der Waals surface area contributed by atoms with Crippen LogP contribution in [0.2, 0.25) is 0 Å². The summed E-state index contributed by atoms with van der Waals surface area (Å²) in [4.78, 5) is 27.2. The van der Waals surface area contributed by atoms with E-state index in [1.807, 2.05) is 0 Å². The summed E-state index contributed by atoms with van der Waals surface area (Å²) in [6, 6.07) is 6.71. The zero-order valence-corrected chi connectivity index (χ0v) is 24.5. The fraction of sp³-hybridized carbons (Fsp3) is 0.615. The molecule has 8 atom stereocenters. The molecule has 0 bridgehead atoms. The molecular weight excluding hydrogens is 572 g/mol. The second kappa shape index (κ2) is 12.3. The molecule has 1 aromatic rings. The highest BCUT2D eigenvalue weighted by atomic mass is 31.2. The predicted octanol–water partition coefficient (Wildman–Crippen LogP) is 1.45. The van der Waals surface area contributed by atoms with Crippen LogP contribution in [0.3, 0.4) is 0 Å². The van der Waals surface area contributed by atoms with Crippen LogP contribution in [0, 0.1) is 0 Å². The molecule has 0 amide bonds. The maximum Gasteiger partial charge on any atom is 0.459 e. The van der Waals surface area contributed by atoms with Crippen molar-refractivity contribution in [1.82, 2.24) is 15.3 Å². The van der Waals surface area contributed by atoms with Gasteiger partial charge in [-0.15, -0.1) is 0 Å². The SMILES string of the molecule is COC(=O)[C@H](C)N[P@@](=O)(OC[C@H]1O[C@@H](N2C=NC3C(=NC4CCCC4)NC(N)=NC32)[C@](C)(F)[C@@H]1O)Oc1ccccc1. The van der Waals surface area contributed by atoms with Gasteiger partial charge in [0.25, 0.3) is 0 Å². The van der Waals surface area contributed by atoms with Crippen molar-refractivity contribution >= 4 is 31.8 Å². The number of guanidine groups is 1. The number of hydrogen-bond donors (Lipinski definition) is 4. The Morgan fingerprint density at radius 2 is 2.10 bits per heavy atom. The summed E-state index contributed by atoms with van der Waals surface area (Å²) in [5.41, 5.74) is 3.74. The van der Waals surface area contributed by atoms with Crippen molar-refractivity contribution in [1.29, 1.82) is 0 Å². The maximum atomic E-state index is 16.1. The average molecular weight is 610 g/mol. The minimum atomic E-state index is -4.25. The van der Waals surface area contributed by atoms with Gasteiger partial charge in [-0.25, -0.2) is 13.9 Å². The Morgan fingerprint density at radius 3 is 2.79 bits per heavy atom. The molecule has 0 aromatic heterocycles. The van der Waals surface area contributed by atoms with Gasteiger partial charge in [0, 0.05) is 0 Å². The van der Waals surface area contributed by atoms with E-state index in [1.165, 1.54) is 32.2 Å². The van der Waals surface area contributed by atoms with Crippen molar-refractivity contribution < 1.29 is 37.4 Å². The highest BCUT2D eigenvalue weighted by molar-refractivity contribution is 7.52. The number of rotatable bonds is 10. The minimum absolute atomic E-state index is 0.118. The fourth-order valence-electron chi connectivity index (χ4n) is 5.45. The number of aliphatic imine (C=N–C) groups is 3. The maximum absolute atomic E-state index is 16.1. The number of amidine groups is 1. The van der Waals surface area contributed by atoms with Crippen molar-refractivity contribution in [3.05, 3.63) is 30.3 Å². The Hall–Kier alpha value is -3.10. The number of ether oxygens (including phenoxy) is 2. The van der Waals surface area contributed by atoms with Gasteiger partial charge < -0.3 is 35.1 Å². The van der Waals surface area contributed by atoms with Gasteiger partial charge in [-0.05, 0) is 38.8 Å². The van der Waals surface area contributed by atoms with Crippen LogP contribution in [-0.2, 0) is 23.4 Å². The van der Waals surface area contributed by atoms with Gasteiger partial charge in [-0.3, -0.25) is 19.3 Å². The molecule has 42 heavy (non-hydrogen) atoms. The molecule has 16 heteroatoms. The monoisotopic (exact) mass is 609 g/mol. The molecule has 230 valence electrons.